The summed E-state index contributed by atoms with van der Waals surface area (Å²) in [5.74, 6) is -0.446. The van der Waals surface area contributed by atoms with Crippen LogP contribution >= 0.6 is 11.6 Å². The van der Waals surface area contributed by atoms with Gasteiger partial charge in [0.25, 0.3) is 0 Å². The third-order valence-corrected chi connectivity index (χ3v) is 3.02. The first-order valence-electron chi connectivity index (χ1n) is 5.62. The number of aliphatic hydroxyl groups is 1. The second-order valence-electron chi connectivity index (χ2n) is 5.28. The number of hydrogen-bond donors (Lipinski definition) is 2. The Bertz CT molecular complexity index is 401. The van der Waals surface area contributed by atoms with E-state index in [9.17, 15) is 9.50 Å². The number of aliphatic hydroxyl groups excluding tert-OH is 1. The molecule has 17 heavy (non-hydrogen) atoms. The zero-order valence-corrected chi connectivity index (χ0v) is 11.2. The molecular weight excluding hydrogens is 241 g/mol. The van der Waals surface area contributed by atoms with Crippen molar-refractivity contribution in [3.05, 3.63) is 34.1 Å². The minimum atomic E-state index is -0.650. The van der Waals surface area contributed by atoms with E-state index in [1.165, 1.54) is 6.07 Å². The van der Waals surface area contributed by atoms with Crippen molar-refractivity contribution < 1.29 is 9.50 Å². The molecule has 96 valence electrons. The maximum Gasteiger partial charge on any atom is 0.142 e. The Morgan fingerprint density at radius 3 is 2.47 bits per heavy atom. The molecule has 0 aromatic heterocycles. The van der Waals surface area contributed by atoms with Gasteiger partial charge in [0.1, 0.15) is 5.82 Å². The van der Waals surface area contributed by atoms with Crippen molar-refractivity contribution in [1.82, 2.24) is 0 Å². The summed E-state index contributed by atoms with van der Waals surface area (Å²) in [7, 11) is 0. The fourth-order valence-electron chi connectivity index (χ4n) is 1.66. The van der Waals surface area contributed by atoms with E-state index in [0.29, 0.717) is 6.42 Å². The van der Waals surface area contributed by atoms with Gasteiger partial charge in [-0.2, -0.15) is 0 Å². The Labute approximate surface area is 107 Å². The van der Waals surface area contributed by atoms with Crippen LogP contribution < -0.4 is 5.73 Å². The second-order valence-corrected chi connectivity index (χ2v) is 5.66. The maximum atomic E-state index is 13.7. The van der Waals surface area contributed by atoms with Gasteiger partial charge in [-0.1, -0.05) is 38.4 Å². The zero-order valence-electron chi connectivity index (χ0n) is 10.4. The van der Waals surface area contributed by atoms with Gasteiger partial charge in [-0.3, -0.25) is 0 Å². The van der Waals surface area contributed by atoms with Crippen LogP contribution in [0.15, 0.2) is 12.1 Å². The predicted molar refractivity (Wildman–Crippen MR) is 68.9 cm³/mol. The lowest BCUT2D eigenvalue weighted by atomic mass is 9.85. The Morgan fingerprint density at radius 1 is 1.41 bits per heavy atom. The normalized spacial score (nSPS) is 13.8. The lowest BCUT2D eigenvalue weighted by Crippen LogP contribution is -2.22. The Morgan fingerprint density at radius 2 is 2.00 bits per heavy atom. The molecule has 0 bridgehead atoms. The lowest BCUT2D eigenvalue weighted by molar-refractivity contribution is 0.183. The molecular formula is C13H19ClFNO. The lowest BCUT2D eigenvalue weighted by Gasteiger charge is -2.22. The van der Waals surface area contributed by atoms with Crippen LogP contribution in [0.1, 0.15) is 31.9 Å². The quantitative estimate of drug-likeness (QED) is 0.877. The van der Waals surface area contributed by atoms with Gasteiger partial charge in [0.15, 0.2) is 0 Å². The van der Waals surface area contributed by atoms with E-state index in [-0.39, 0.29) is 17.0 Å². The molecule has 1 atom stereocenters. The predicted octanol–water partition coefficient (Wildman–Crippen LogP) is 2.64. The number of hydrogen-bond acceptors (Lipinski definition) is 2. The molecule has 0 amide bonds. The van der Waals surface area contributed by atoms with E-state index in [1.54, 1.807) is 0 Å². The number of rotatable bonds is 3. The highest BCUT2D eigenvalue weighted by atomic mass is 35.5. The van der Waals surface area contributed by atoms with Crippen LogP contribution in [0.4, 0.5) is 4.39 Å². The topological polar surface area (TPSA) is 46.2 Å². The van der Waals surface area contributed by atoms with Crippen LogP contribution in [0.25, 0.3) is 0 Å². The molecule has 4 heteroatoms. The van der Waals surface area contributed by atoms with Crippen molar-refractivity contribution in [2.45, 2.75) is 38.7 Å². The van der Waals surface area contributed by atoms with Gasteiger partial charge >= 0.3 is 0 Å². The van der Waals surface area contributed by atoms with Crippen LogP contribution in [0.5, 0.6) is 0 Å². The van der Waals surface area contributed by atoms with Crippen LogP contribution in [0, 0.1) is 5.82 Å². The minimum Gasteiger partial charge on any atom is -0.391 e. The van der Waals surface area contributed by atoms with Gasteiger partial charge in [0, 0.05) is 6.54 Å². The molecule has 0 radical (unpaired) electrons. The minimum absolute atomic E-state index is 0.156. The monoisotopic (exact) mass is 259 g/mol. The number of benzene rings is 1. The second kappa shape index (κ2) is 5.34. The van der Waals surface area contributed by atoms with E-state index in [4.69, 9.17) is 17.3 Å². The van der Waals surface area contributed by atoms with E-state index >= 15 is 0 Å². The molecule has 0 aliphatic heterocycles. The highest BCUT2D eigenvalue weighted by Crippen LogP contribution is 2.32. The van der Waals surface area contributed by atoms with Crippen molar-refractivity contribution >= 4 is 11.6 Å². The van der Waals surface area contributed by atoms with Crippen molar-refractivity contribution in [2.24, 2.45) is 5.73 Å². The van der Waals surface area contributed by atoms with Crippen LogP contribution in [-0.2, 0) is 11.8 Å². The van der Waals surface area contributed by atoms with Crippen LogP contribution in [0.2, 0.25) is 5.02 Å². The van der Waals surface area contributed by atoms with Crippen molar-refractivity contribution in [1.29, 1.82) is 0 Å². The van der Waals surface area contributed by atoms with E-state index in [0.717, 1.165) is 11.1 Å². The summed E-state index contributed by atoms with van der Waals surface area (Å²) in [6, 6.07) is 3.20. The third-order valence-electron chi connectivity index (χ3n) is 2.64. The van der Waals surface area contributed by atoms with Crippen LogP contribution in [-0.4, -0.2) is 17.8 Å². The molecule has 0 saturated carbocycles. The number of halogens is 2. The molecule has 0 saturated heterocycles. The summed E-state index contributed by atoms with van der Waals surface area (Å²) in [6.45, 7) is 6.07. The van der Waals surface area contributed by atoms with Gasteiger partial charge in [-0.05, 0) is 29.0 Å². The molecule has 0 heterocycles. The third kappa shape index (κ3) is 3.66. The summed E-state index contributed by atoms with van der Waals surface area (Å²) < 4.78 is 13.7. The molecule has 3 N–H and O–H groups in total. The highest BCUT2D eigenvalue weighted by molar-refractivity contribution is 6.31. The van der Waals surface area contributed by atoms with E-state index in [2.05, 4.69) is 0 Å². The first-order chi connectivity index (χ1) is 7.75. The van der Waals surface area contributed by atoms with Gasteiger partial charge in [-0.15, -0.1) is 0 Å². The van der Waals surface area contributed by atoms with Crippen molar-refractivity contribution in [2.75, 3.05) is 6.54 Å². The van der Waals surface area contributed by atoms with Crippen molar-refractivity contribution in [3.8, 4) is 0 Å². The van der Waals surface area contributed by atoms with E-state index in [1.807, 2.05) is 26.8 Å². The summed E-state index contributed by atoms with van der Waals surface area (Å²) in [5.41, 5.74) is 6.57. The average Bonchev–Trinajstić information content (AvgIpc) is 2.21. The van der Waals surface area contributed by atoms with Gasteiger partial charge in [-0.25, -0.2) is 4.39 Å². The maximum absolute atomic E-state index is 13.7. The first kappa shape index (κ1) is 14.4. The summed E-state index contributed by atoms with van der Waals surface area (Å²) in [4.78, 5) is 0. The highest BCUT2D eigenvalue weighted by Gasteiger charge is 2.21. The SMILES string of the molecule is CC(C)(C)c1cc(C[C@H](O)CN)cc(F)c1Cl. The molecule has 0 spiro atoms. The van der Waals surface area contributed by atoms with Gasteiger partial charge in [0.2, 0.25) is 0 Å². The summed E-state index contributed by atoms with van der Waals surface area (Å²) in [6.07, 6.45) is -0.309. The molecule has 0 aliphatic carbocycles. The fourth-order valence-corrected chi connectivity index (χ4v) is 2.06. The Hall–Kier alpha value is -0.640. The first-order valence-corrected chi connectivity index (χ1v) is 6.00. The molecule has 0 aliphatic rings. The van der Waals surface area contributed by atoms with Gasteiger partial charge in [0.05, 0.1) is 11.1 Å². The molecule has 1 aromatic rings. The zero-order chi connectivity index (χ0) is 13.2. The molecule has 0 fully saturated rings. The average molecular weight is 260 g/mol. The summed E-state index contributed by atoms with van der Waals surface area (Å²) in [5, 5.41) is 9.64. The number of nitrogens with two attached hydrogens (primary N) is 1. The summed E-state index contributed by atoms with van der Waals surface area (Å²) >= 11 is 5.96. The smallest absolute Gasteiger partial charge is 0.142 e. The Balaban J connectivity index is 3.15. The van der Waals surface area contributed by atoms with E-state index < -0.39 is 11.9 Å². The van der Waals surface area contributed by atoms with Gasteiger partial charge < -0.3 is 10.8 Å². The molecule has 1 aromatic carbocycles. The van der Waals surface area contributed by atoms with Crippen molar-refractivity contribution in [3.63, 3.8) is 0 Å². The molecule has 1 rings (SSSR count). The molecule has 0 unspecified atom stereocenters. The standard InChI is InChI=1S/C13H19ClFNO/c1-13(2,3)10-5-8(4-9(17)7-16)6-11(15)12(10)14/h5-6,9,17H,4,7,16H2,1-3H3/t9-/m0/s1. The molecule has 2 nitrogen and oxygen atoms in total. The van der Waals surface area contributed by atoms with Crippen LogP contribution in [0.3, 0.4) is 0 Å². The fraction of sp³-hybridized carbons (Fsp3) is 0.538. The largest absolute Gasteiger partial charge is 0.391 e. The Kier molecular flexibility index (Phi) is 4.53.